The van der Waals surface area contributed by atoms with E-state index in [1.165, 1.54) is 44.5 Å². The van der Waals surface area contributed by atoms with Gasteiger partial charge in [-0.25, -0.2) is 0 Å². The molecule has 1 aliphatic rings. The Morgan fingerprint density at radius 3 is 2.41 bits per heavy atom. The summed E-state index contributed by atoms with van der Waals surface area (Å²) < 4.78 is 0. The number of fused-ring (bicyclic) bond motifs is 3. The Bertz CT molecular complexity index is 624. The summed E-state index contributed by atoms with van der Waals surface area (Å²) in [4.78, 5) is 4.24. The van der Waals surface area contributed by atoms with Crippen LogP contribution in [0.1, 0.15) is 33.4 Å². The van der Waals surface area contributed by atoms with E-state index in [0.29, 0.717) is 0 Å². The summed E-state index contributed by atoms with van der Waals surface area (Å²) in [6, 6.07) is 2.16. The highest BCUT2D eigenvalue weighted by Gasteiger charge is 2.24. The number of aromatic nitrogens is 1. The highest BCUT2D eigenvalue weighted by Crippen LogP contribution is 2.42. The van der Waals surface area contributed by atoms with Crippen LogP contribution >= 0.6 is 0 Å². The molecule has 0 saturated carbocycles. The molecule has 1 nitrogen and oxygen atoms in total. The molecule has 0 fully saturated rings. The number of pyridine rings is 1. The average Bonchev–Trinajstić information content (AvgIpc) is 2.73. The summed E-state index contributed by atoms with van der Waals surface area (Å²) in [7, 11) is 0. The molecule has 17 heavy (non-hydrogen) atoms. The number of hydrogen-bond donors (Lipinski definition) is 0. The van der Waals surface area contributed by atoms with Gasteiger partial charge in [0.2, 0.25) is 0 Å². The Hall–Kier alpha value is -1.63. The molecule has 0 bridgehead atoms. The van der Waals surface area contributed by atoms with Gasteiger partial charge in [0, 0.05) is 18.8 Å². The predicted molar refractivity (Wildman–Crippen MR) is 71.4 cm³/mol. The van der Waals surface area contributed by atoms with Gasteiger partial charge in [-0.1, -0.05) is 0 Å². The zero-order valence-corrected chi connectivity index (χ0v) is 10.9. The van der Waals surface area contributed by atoms with Gasteiger partial charge in [-0.2, -0.15) is 0 Å². The van der Waals surface area contributed by atoms with Crippen LogP contribution in [-0.2, 0) is 6.42 Å². The fourth-order valence-electron chi connectivity index (χ4n) is 2.98. The molecule has 2 aromatic rings. The van der Waals surface area contributed by atoms with E-state index in [1.54, 1.807) is 0 Å². The van der Waals surface area contributed by atoms with E-state index in [0.717, 1.165) is 6.42 Å². The normalized spacial score (nSPS) is 12.5. The summed E-state index contributed by atoms with van der Waals surface area (Å²) >= 11 is 0. The van der Waals surface area contributed by atoms with E-state index in [2.05, 4.69) is 38.7 Å². The van der Waals surface area contributed by atoms with Crippen LogP contribution in [0.25, 0.3) is 11.1 Å². The van der Waals surface area contributed by atoms with Crippen molar-refractivity contribution in [2.24, 2.45) is 0 Å². The maximum absolute atomic E-state index is 4.24. The zero-order valence-electron chi connectivity index (χ0n) is 10.9. The van der Waals surface area contributed by atoms with E-state index in [1.807, 2.05) is 12.4 Å². The quantitative estimate of drug-likeness (QED) is 0.563. The minimum atomic E-state index is 1.05. The SMILES string of the molecule is Cc1c(C)c(C)c2c(c1C)Cc1cnccc1-2. The van der Waals surface area contributed by atoms with Crippen molar-refractivity contribution in [3.63, 3.8) is 0 Å². The van der Waals surface area contributed by atoms with Gasteiger partial charge in [0.15, 0.2) is 0 Å². The molecule has 0 radical (unpaired) electrons. The average molecular weight is 223 g/mol. The van der Waals surface area contributed by atoms with Crippen molar-refractivity contribution in [3.8, 4) is 11.1 Å². The topological polar surface area (TPSA) is 12.9 Å². The van der Waals surface area contributed by atoms with Gasteiger partial charge in [-0.05, 0) is 78.3 Å². The van der Waals surface area contributed by atoms with Crippen LogP contribution < -0.4 is 0 Å². The highest BCUT2D eigenvalue weighted by molar-refractivity contribution is 5.81. The van der Waals surface area contributed by atoms with Crippen LogP contribution in [0.4, 0.5) is 0 Å². The van der Waals surface area contributed by atoms with Gasteiger partial charge in [0.1, 0.15) is 0 Å². The molecule has 1 heteroatoms. The third-order valence-corrected chi connectivity index (χ3v) is 4.36. The molecule has 86 valence electrons. The maximum Gasteiger partial charge on any atom is 0.0309 e. The Morgan fingerprint density at radius 2 is 1.65 bits per heavy atom. The Labute approximate surface area is 103 Å². The Balaban J connectivity index is 2.41. The smallest absolute Gasteiger partial charge is 0.0309 e. The van der Waals surface area contributed by atoms with Crippen molar-refractivity contribution in [2.75, 3.05) is 0 Å². The molecule has 3 rings (SSSR count). The van der Waals surface area contributed by atoms with Gasteiger partial charge in [0.05, 0.1) is 0 Å². The molecule has 0 N–H and O–H groups in total. The van der Waals surface area contributed by atoms with E-state index >= 15 is 0 Å². The van der Waals surface area contributed by atoms with Crippen LogP contribution in [0.5, 0.6) is 0 Å². The molecule has 1 heterocycles. The Kier molecular flexibility index (Phi) is 2.12. The number of hydrogen-bond acceptors (Lipinski definition) is 1. The van der Waals surface area contributed by atoms with Gasteiger partial charge in [-0.3, -0.25) is 4.98 Å². The Morgan fingerprint density at radius 1 is 0.941 bits per heavy atom. The van der Waals surface area contributed by atoms with Crippen molar-refractivity contribution < 1.29 is 0 Å². The van der Waals surface area contributed by atoms with Crippen LogP contribution in [0, 0.1) is 27.7 Å². The molecule has 1 aromatic carbocycles. The van der Waals surface area contributed by atoms with Gasteiger partial charge >= 0.3 is 0 Å². The largest absolute Gasteiger partial charge is 0.264 e. The highest BCUT2D eigenvalue weighted by atomic mass is 14.6. The van der Waals surface area contributed by atoms with Gasteiger partial charge in [0.25, 0.3) is 0 Å². The third-order valence-electron chi connectivity index (χ3n) is 4.36. The number of rotatable bonds is 0. The standard InChI is InChI=1S/C16H17N/c1-9-10(2)12(4)16-14-5-6-17-8-13(14)7-15(16)11(9)3/h5-6,8H,7H2,1-4H3. The second-order valence-electron chi connectivity index (χ2n) is 5.06. The first-order valence-corrected chi connectivity index (χ1v) is 6.13. The molecule has 0 unspecified atom stereocenters. The summed E-state index contributed by atoms with van der Waals surface area (Å²) in [5.74, 6) is 0. The molecule has 0 spiro atoms. The second-order valence-corrected chi connectivity index (χ2v) is 5.06. The lowest BCUT2D eigenvalue weighted by Gasteiger charge is -2.15. The van der Waals surface area contributed by atoms with Crippen LogP contribution in [0.2, 0.25) is 0 Å². The lowest BCUT2D eigenvalue weighted by atomic mass is 9.89. The van der Waals surface area contributed by atoms with Crippen molar-refractivity contribution in [1.82, 2.24) is 4.98 Å². The lowest BCUT2D eigenvalue weighted by Crippen LogP contribution is -1.98. The predicted octanol–water partition coefficient (Wildman–Crippen LogP) is 3.89. The minimum absolute atomic E-state index is 1.05. The first kappa shape index (κ1) is 10.5. The van der Waals surface area contributed by atoms with E-state index in [4.69, 9.17) is 0 Å². The summed E-state index contributed by atoms with van der Waals surface area (Å²) in [6.45, 7) is 8.96. The number of nitrogens with zero attached hydrogens (tertiary/aromatic N) is 1. The first-order chi connectivity index (χ1) is 8.11. The molecule has 0 amide bonds. The van der Waals surface area contributed by atoms with Crippen LogP contribution in [0.3, 0.4) is 0 Å². The minimum Gasteiger partial charge on any atom is -0.264 e. The molecule has 0 saturated heterocycles. The van der Waals surface area contributed by atoms with E-state index < -0.39 is 0 Å². The van der Waals surface area contributed by atoms with Crippen molar-refractivity contribution >= 4 is 0 Å². The molecule has 0 aliphatic heterocycles. The van der Waals surface area contributed by atoms with Crippen molar-refractivity contribution in [2.45, 2.75) is 34.1 Å². The summed E-state index contributed by atoms with van der Waals surface area (Å²) in [5.41, 5.74) is 11.5. The summed E-state index contributed by atoms with van der Waals surface area (Å²) in [5, 5.41) is 0. The number of benzene rings is 1. The van der Waals surface area contributed by atoms with Gasteiger partial charge < -0.3 is 0 Å². The second kappa shape index (κ2) is 3.43. The fraction of sp³-hybridized carbons (Fsp3) is 0.312. The zero-order chi connectivity index (χ0) is 12.2. The van der Waals surface area contributed by atoms with Crippen LogP contribution in [-0.4, -0.2) is 4.98 Å². The first-order valence-electron chi connectivity index (χ1n) is 6.13. The fourth-order valence-corrected chi connectivity index (χ4v) is 2.98. The van der Waals surface area contributed by atoms with E-state index in [-0.39, 0.29) is 0 Å². The molecule has 1 aromatic heterocycles. The third kappa shape index (κ3) is 1.28. The molecule has 0 atom stereocenters. The van der Waals surface area contributed by atoms with Crippen molar-refractivity contribution in [1.29, 1.82) is 0 Å². The molecule has 1 aliphatic carbocycles. The van der Waals surface area contributed by atoms with E-state index in [9.17, 15) is 0 Å². The van der Waals surface area contributed by atoms with Crippen LogP contribution in [0.15, 0.2) is 18.5 Å². The maximum atomic E-state index is 4.24. The van der Waals surface area contributed by atoms with Crippen molar-refractivity contribution in [3.05, 3.63) is 51.8 Å². The summed E-state index contributed by atoms with van der Waals surface area (Å²) in [6.07, 6.45) is 4.96. The monoisotopic (exact) mass is 223 g/mol. The molecular weight excluding hydrogens is 206 g/mol. The van der Waals surface area contributed by atoms with Gasteiger partial charge in [-0.15, -0.1) is 0 Å². The lowest BCUT2D eigenvalue weighted by molar-refractivity contribution is 1.14. The molecular formula is C16H17N.